The van der Waals surface area contributed by atoms with Gasteiger partial charge in [0.25, 0.3) is 0 Å². The average Bonchev–Trinajstić information content (AvgIpc) is 1.64. The molecule has 1 aromatic rings. The Bertz CT molecular complexity index is 169. The Morgan fingerprint density at radius 3 is 2.33 bits per heavy atom. The summed E-state index contributed by atoms with van der Waals surface area (Å²) < 4.78 is 1.46. The third-order valence-electron chi connectivity index (χ3n) is 1.08. The summed E-state index contributed by atoms with van der Waals surface area (Å²) in [5.41, 5.74) is 1.37. The smallest absolute Gasteiger partial charge is 1.00 e. The molecule has 0 unspecified atom stereocenters. The molecule has 1 rings (SSSR count). The van der Waals surface area contributed by atoms with Crippen molar-refractivity contribution in [1.29, 1.82) is 0 Å². The molecule has 0 atom stereocenters. The Balaban J connectivity index is 0.000000640. The third-order valence-corrected chi connectivity index (χ3v) is 2.01. The maximum atomic E-state index is 2.22. The zero-order valence-corrected chi connectivity index (χ0v) is 9.95. The molecule has 0 amide bonds. The van der Waals surface area contributed by atoms with Crippen molar-refractivity contribution in [2.24, 2.45) is 0 Å². The molecule has 0 aliphatic rings. The predicted octanol–water partition coefficient (Wildman–Crippen LogP) is -1.83. The molecule has 1 aromatic carbocycles. The number of hydrogen-bond acceptors (Lipinski definition) is 0. The van der Waals surface area contributed by atoms with E-state index in [0.29, 0.717) is 0 Å². The fraction of sp³-hybridized carbons (Fsp3) is 0.143. The first-order valence-electron chi connectivity index (χ1n) is 2.67. The van der Waals surface area contributed by atoms with Gasteiger partial charge in [0, 0.05) is 0 Å². The average molecular weight is 236 g/mol. The zero-order valence-electron chi connectivity index (χ0n) is 5.39. The van der Waals surface area contributed by atoms with E-state index < -0.39 is 0 Å². The molecule has 0 aliphatic heterocycles. The number of rotatable bonds is 0. The summed E-state index contributed by atoms with van der Waals surface area (Å²) in [6.07, 6.45) is 0. The van der Waals surface area contributed by atoms with E-state index in [1.54, 1.807) is 0 Å². The summed E-state index contributed by atoms with van der Waals surface area (Å²) >= 11 is 1.27. The van der Waals surface area contributed by atoms with Gasteiger partial charge in [0.05, 0.1) is 0 Å². The summed E-state index contributed by atoms with van der Waals surface area (Å²) in [6.45, 7) is 2.12. The van der Waals surface area contributed by atoms with Crippen LogP contribution in [0.3, 0.4) is 0 Å². The van der Waals surface area contributed by atoms with E-state index in [1.165, 1.54) is 28.0 Å². The van der Waals surface area contributed by atoms with Crippen LogP contribution in [0.1, 0.15) is 5.56 Å². The summed E-state index contributed by atoms with van der Waals surface area (Å²) in [7, 11) is 0. The monoisotopic (exact) mass is 234 g/mol. The van der Waals surface area contributed by atoms with Crippen LogP contribution in [0.4, 0.5) is 0 Å². The maximum absolute atomic E-state index is 2.22. The van der Waals surface area contributed by atoms with Crippen molar-refractivity contribution in [3.63, 3.8) is 0 Å². The number of benzene rings is 1. The van der Waals surface area contributed by atoms with Crippen LogP contribution in [-0.4, -0.2) is 0 Å². The van der Waals surface area contributed by atoms with Crippen molar-refractivity contribution in [2.45, 2.75) is 6.92 Å². The van der Waals surface area contributed by atoms with Gasteiger partial charge in [0.1, 0.15) is 0 Å². The Morgan fingerprint density at radius 1 is 1.33 bits per heavy atom. The summed E-state index contributed by atoms with van der Waals surface area (Å²) in [4.78, 5) is 0. The normalized spacial score (nSPS) is 8.33. The molecule has 0 heterocycles. The fourth-order valence-corrected chi connectivity index (χ4v) is 1.67. The van der Waals surface area contributed by atoms with E-state index in [-0.39, 0.29) is 17.0 Å². The van der Waals surface area contributed by atoms with Gasteiger partial charge in [0.2, 0.25) is 0 Å². The van der Waals surface area contributed by atoms with Gasteiger partial charge in [-0.15, -0.1) is 0 Å². The van der Waals surface area contributed by atoms with Crippen molar-refractivity contribution in [3.05, 3.63) is 29.8 Å². The molecule has 0 aromatic heterocycles. The molecule has 0 nitrogen and oxygen atoms in total. The molecule has 0 saturated carbocycles. The molecule has 0 N–H and O–H groups in total. The van der Waals surface area contributed by atoms with Crippen molar-refractivity contribution >= 4 is 4.16 Å². The molecule has 0 fully saturated rings. The molecule has 0 aliphatic carbocycles. The minimum absolute atomic E-state index is 0. The minimum Gasteiger partial charge on any atom is -1.00 e. The second kappa shape index (κ2) is 4.19. The van der Waals surface area contributed by atoms with Crippen LogP contribution in [0.15, 0.2) is 24.3 Å². The molecular formula is C7H7BrZn. The summed E-state index contributed by atoms with van der Waals surface area (Å²) in [5.74, 6) is 0. The maximum Gasteiger partial charge on any atom is -1.00 e. The van der Waals surface area contributed by atoms with Crippen LogP contribution in [0, 0.1) is 6.92 Å². The van der Waals surface area contributed by atoms with E-state index in [2.05, 4.69) is 31.2 Å². The fourth-order valence-electron chi connectivity index (χ4n) is 0.712. The first-order valence-corrected chi connectivity index (χ1v) is 4.16. The first kappa shape index (κ1) is 9.32. The summed E-state index contributed by atoms with van der Waals surface area (Å²) in [5, 5.41) is 0. The summed E-state index contributed by atoms with van der Waals surface area (Å²) in [6, 6.07) is 8.61. The molecule has 0 bridgehead atoms. The predicted molar refractivity (Wildman–Crippen MR) is 30.8 cm³/mol. The molecule has 9 heavy (non-hydrogen) atoms. The molecule has 0 saturated heterocycles. The Hall–Kier alpha value is 0.323. The van der Waals surface area contributed by atoms with E-state index in [4.69, 9.17) is 0 Å². The van der Waals surface area contributed by atoms with Crippen molar-refractivity contribution < 1.29 is 35.3 Å². The second-order valence-electron chi connectivity index (χ2n) is 1.99. The quantitative estimate of drug-likeness (QED) is 0.465. The van der Waals surface area contributed by atoms with Crippen LogP contribution in [-0.2, 0) is 18.3 Å². The van der Waals surface area contributed by atoms with E-state index in [1.807, 2.05) is 0 Å². The van der Waals surface area contributed by atoms with E-state index in [9.17, 15) is 0 Å². The zero-order chi connectivity index (χ0) is 5.98. The van der Waals surface area contributed by atoms with Crippen LogP contribution in [0.2, 0.25) is 0 Å². The van der Waals surface area contributed by atoms with Gasteiger partial charge in [-0.2, -0.15) is 0 Å². The van der Waals surface area contributed by atoms with Crippen LogP contribution in [0.5, 0.6) is 0 Å². The standard InChI is InChI=1S/C7H7.BrH.Zn/c1-7-5-3-2-4-6-7;;/h2-3,5-6H,1H3;1H;/q;;+1/p-1. The molecule has 0 radical (unpaired) electrons. The Morgan fingerprint density at radius 2 is 2.00 bits per heavy atom. The SMILES string of the molecule is Cc1ccc[c]([Zn+])c1.[Br-]. The van der Waals surface area contributed by atoms with Crippen molar-refractivity contribution in [2.75, 3.05) is 0 Å². The van der Waals surface area contributed by atoms with Crippen molar-refractivity contribution in [1.82, 2.24) is 0 Å². The van der Waals surface area contributed by atoms with Gasteiger partial charge in [0.15, 0.2) is 0 Å². The van der Waals surface area contributed by atoms with Crippen LogP contribution < -0.4 is 21.1 Å². The van der Waals surface area contributed by atoms with Gasteiger partial charge in [-0.1, -0.05) is 0 Å². The van der Waals surface area contributed by atoms with Gasteiger partial charge in [-0.3, -0.25) is 0 Å². The van der Waals surface area contributed by atoms with Gasteiger partial charge in [-0.05, 0) is 0 Å². The van der Waals surface area contributed by atoms with Gasteiger partial charge in [-0.25, -0.2) is 0 Å². The van der Waals surface area contributed by atoms with E-state index in [0.717, 1.165) is 0 Å². The Kier molecular flexibility index (Phi) is 4.34. The number of halogens is 1. The van der Waals surface area contributed by atoms with Crippen LogP contribution >= 0.6 is 0 Å². The van der Waals surface area contributed by atoms with E-state index >= 15 is 0 Å². The topological polar surface area (TPSA) is 0 Å². The Labute approximate surface area is 76.1 Å². The first-order chi connectivity index (χ1) is 3.79. The molecule has 0 spiro atoms. The molecular weight excluding hydrogens is 229 g/mol. The van der Waals surface area contributed by atoms with Gasteiger partial charge >= 0.3 is 59.2 Å². The van der Waals surface area contributed by atoms with Crippen LogP contribution in [0.25, 0.3) is 0 Å². The third kappa shape index (κ3) is 3.12. The minimum atomic E-state index is 0. The second-order valence-corrected chi connectivity index (χ2v) is 3.70. The number of hydrogen-bond donors (Lipinski definition) is 0. The largest absolute Gasteiger partial charge is 1.00 e. The van der Waals surface area contributed by atoms with Crippen molar-refractivity contribution in [3.8, 4) is 0 Å². The molecule has 44 valence electrons. The molecule has 2 heteroatoms. The number of aryl methyl sites for hydroxylation is 1. The van der Waals surface area contributed by atoms with Gasteiger partial charge < -0.3 is 17.0 Å².